The number of fused-ring (bicyclic) bond motifs is 1. The SMILES string of the molecule is COc1ccc(C(=O)NC2CCc3cc(OC)c(OC)cc32)cc1OC. The van der Waals surface area contributed by atoms with Gasteiger partial charge in [0.2, 0.25) is 0 Å². The summed E-state index contributed by atoms with van der Waals surface area (Å²) < 4.78 is 21.2. The molecule has 0 fully saturated rings. The van der Waals surface area contributed by atoms with Gasteiger partial charge in [-0.3, -0.25) is 4.79 Å². The molecule has 6 heteroatoms. The minimum absolute atomic E-state index is 0.0644. The topological polar surface area (TPSA) is 66.0 Å². The first-order valence-electron chi connectivity index (χ1n) is 8.39. The lowest BCUT2D eigenvalue weighted by Crippen LogP contribution is -2.27. The molecule has 3 rings (SSSR count). The second-order valence-corrected chi connectivity index (χ2v) is 6.04. The van der Waals surface area contributed by atoms with E-state index in [9.17, 15) is 4.79 Å². The van der Waals surface area contributed by atoms with Crippen molar-refractivity contribution in [1.82, 2.24) is 5.32 Å². The molecular formula is C20H23NO5. The Bertz CT molecular complexity index is 818. The molecule has 1 aliphatic rings. The van der Waals surface area contributed by atoms with Gasteiger partial charge >= 0.3 is 0 Å². The third-order valence-corrected chi connectivity index (χ3v) is 4.67. The van der Waals surface area contributed by atoms with E-state index in [1.165, 1.54) is 5.56 Å². The zero-order valence-corrected chi connectivity index (χ0v) is 15.4. The predicted octanol–water partition coefficient (Wildman–Crippen LogP) is 3.14. The quantitative estimate of drug-likeness (QED) is 0.860. The Morgan fingerprint density at radius 3 is 2.15 bits per heavy atom. The summed E-state index contributed by atoms with van der Waals surface area (Å²) in [7, 11) is 6.34. The highest BCUT2D eigenvalue weighted by Gasteiger charge is 2.27. The Morgan fingerprint density at radius 1 is 0.885 bits per heavy atom. The summed E-state index contributed by atoms with van der Waals surface area (Å²) in [6.45, 7) is 0. The van der Waals surface area contributed by atoms with E-state index in [4.69, 9.17) is 18.9 Å². The molecule has 0 saturated carbocycles. The Hall–Kier alpha value is -2.89. The summed E-state index contributed by atoms with van der Waals surface area (Å²) in [5, 5.41) is 3.10. The van der Waals surface area contributed by atoms with Crippen molar-refractivity contribution in [1.29, 1.82) is 0 Å². The van der Waals surface area contributed by atoms with Gasteiger partial charge in [-0.1, -0.05) is 0 Å². The molecule has 1 amide bonds. The molecular weight excluding hydrogens is 334 g/mol. The monoisotopic (exact) mass is 357 g/mol. The maximum absolute atomic E-state index is 12.7. The van der Waals surface area contributed by atoms with Crippen molar-refractivity contribution in [3.8, 4) is 23.0 Å². The molecule has 0 saturated heterocycles. The van der Waals surface area contributed by atoms with Gasteiger partial charge in [0.1, 0.15) is 0 Å². The van der Waals surface area contributed by atoms with Crippen molar-refractivity contribution in [2.75, 3.05) is 28.4 Å². The van der Waals surface area contributed by atoms with Crippen LogP contribution in [-0.4, -0.2) is 34.3 Å². The minimum atomic E-state index is -0.154. The Balaban J connectivity index is 1.82. The van der Waals surface area contributed by atoms with Crippen LogP contribution in [0.3, 0.4) is 0 Å². The van der Waals surface area contributed by atoms with E-state index in [1.807, 2.05) is 12.1 Å². The molecule has 1 N–H and O–H groups in total. The van der Waals surface area contributed by atoms with Crippen LogP contribution in [0.5, 0.6) is 23.0 Å². The molecule has 0 aliphatic heterocycles. The van der Waals surface area contributed by atoms with Crippen molar-refractivity contribution < 1.29 is 23.7 Å². The zero-order valence-electron chi connectivity index (χ0n) is 15.4. The second kappa shape index (κ2) is 7.56. The molecule has 1 atom stereocenters. The van der Waals surface area contributed by atoms with Crippen LogP contribution in [0.1, 0.15) is 33.9 Å². The Kier molecular flexibility index (Phi) is 5.21. The molecule has 1 unspecified atom stereocenters. The average molecular weight is 357 g/mol. The van der Waals surface area contributed by atoms with Gasteiger partial charge in [0.15, 0.2) is 23.0 Å². The summed E-state index contributed by atoms with van der Waals surface area (Å²) in [5.74, 6) is 2.33. The van der Waals surface area contributed by atoms with E-state index in [1.54, 1.807) is 46.6 Å². The fourth-order valence-corrected chi connectivity index (χ4v) is 3.30. The van der Waals surface area contributed by atoms with Gasteiger partial charge in [-0.2, -0.15) is 0 Å². The van der Waals surface area contributed by atoms with Crippen LogP contribution in [0, 0.1) is 0 Å². The first-order chi connectivity index (χ1) is 12.6. The standard InChI is InChI=1S/C20H23NO5/c1-23-16-8-6-13(10-17(16)24-2)20(22)21-15-7-5-12-9-18(25-3)19(26-4)11-14(12)15/h6,8-11,15H,5,7H2,1-4H3,(H,21,22). The van der Waals surface area contributed by atoms with Crippen molar-refractivity contribution in [3.05, 3.63) is 47.0 Å². The lowest BCUT2D eigenvalue weighted by atomic mass is 10.1. The number of benzene rings is 2. The third kappa shape index (κ3) is 3.27. The minimum Gasteiger partial charge on any atom is -0.493 e. The average Bonchev–Trinajstić information content (AvgIpc) is 3.07. The molecule has 0 spiro atoms. The first-order valence-corrected chi connectivity index (χ1v) is 8.39. The fourth-order valence-electron chi connectivity index (χ4n) is 3.30. The summed E-state index contributed by atoms with van der Waals surface area (Å²) in [5.41, 5.74) is 2.76. The van der Waals surface area contributed by atoms with Crippen molar-refractivity contribution in [3.63, 3.8) is 0 Å². The van der Waals surface area contributed by atoms with E-state index in [0.29, 0.717) is 28.6 Å². The molecule has 2 aromatic carbocycles. The number of hydrogen-bond donors (Lipinski definition) is 1. The summed E-state index contributed by atoms with van der Waals surface area (Å²) in [4.78, 5) is 12.7. The second-order valence-electron chi connectivity index (χ2n) is 6.04. The van der Waals surface area contributed by atoms with Crippen LogP contribution in [0.15, 0.2) is 30.3 Å². The van der Waals surface area contributed by atoms with E-state index in [2.05, 4.69) is 5.32 Å². The number of amides is 1. The van der Waals surface area contributed by atoms with Gasteiger partial charge in [-0.05, 0) is 54.3 Å². The van der Waals surface area contributed by atoms with Crippen molar-refractivity contribution in [2.45, 2.75) is 18.9 Å². The van der Waals surface area contributed by atoms with Crippen LogP contribution in [0.4, 0.5) is 0 Å². The Morgan fingerprint density at radius 2 is 1.50 bits per heavy atom. The molecule has 1 aliphatic carbocycles. The highest BCUT2D eigenvalue weighted by molar-refractivity contribution is 5.95. The highest BCUT2D eigenvalue weighted by Crippen LogP contribution is 2.39. The van der Waals surface area contributed by atoms with E-state index < -0.39 is 0 Å². The number of carbonyl (C=O) groups is 1. The van der Waals surface area contributed by atoms with Crippen LogP contribution < -0.4 is 24.3 Å². The lowest BCUT2D eigenvalue weighted by molar-refractivity contribution is 0.0936. The van der Waals surface area contributed by atoms with Gasteiger partial charge < -0.3 is 24.3 Å². The molecule has 0 bridgehead atoms. The first kappa shape index (κ1) is 17.9. The number of methoxy groups -OCH3 is 4. The highest BCUT2D eigenvalue weighted by atomic mass is 16.5. The molecule has 0 heterocycles. The molecule has 0 radical (unpaired) electrons. The van der Waals surface area contributed by atoms with Gasteiger partial charge in [0.25, 0.3) is 5.91 Å². The number of carbonyl (C=O) groups excluding carboxylic acids is 1. The number of nitrogens with one attached hydrogen (secondary N) is 1. The molecule has 26 heavy (non-hydrogen) atoms. The molecule has 138 valence electrons. The largest absolute Gasteiger partial charge is 0.493 e. The summed E-state index contributed by atoms with van der Waals surface area (Å²) >= 11 is 0. The van der Waals surface area contributed by atoms with Gasteiger partial charge in [-0.15, -0.1) is 0 Å². The van der Waals surface area contributed by atoms with E-state index in [0.717, 1.165) is 18.4 Å². The van der Waals surface area contributed by atoms with Gasteiger partial charge in [0, 0.05) is 5.56 Å². The molecule has 2 aromatic rings. The van der Waals surface area contributed by atoms with Gasteiger partial charge in [0.05, 0.1) is 34.5 Å². The van der Waals surface area contributed by atoms with Crippen LogP contribution >= 0.6 is 0 Å². The van der Waals surface area contributed by atoms with Crippen molar-refractivity contribution >= 4 is 5.91 Å². The lowest BCUT2D eigenvalue weighted by Gasteiger charge is -2.17. The Labute approximate surface area is 153 Å². The predicted molar refractivity (Wildman–Crippen MR) is 97.6 cm³/mol. The number of ether oxygens (including phenoxy) is 4. The maximum Gasteiger partial charge on any atom is 0.251 e. The number of aryl methyl sites for hydroxylation is 1. The van der Waals surface area contributed by atoms with Crippen LogP contribution in [-0.2, 0) is 6.42 Å². The van der Waals surface area contributed by atoms with E-state index >= 15 is 0 Å². The smallest absolute Gasteiger partial charge is 0.251 e. The molecule has 6 nitrogen and oxygen atoms in total. The zero-order chi connectivity index (χ0) is 18.7. The van der Waals surface area contributed by atoms with Crippen molar-refractivity contribution in [2.24, 2.45) is 0 Å². The van der Waals surface area contributed by atoms with Crippen LogP contribution in [0.2, 0.25) is 0 Å². The summed E-state index contributed by atoms with van der Waals surface area (Å²) in [6.07, 6.45) is 1.72. The maximum atomic E-state index is 12.7. The molecule has 0 aromatic heterocycles. The number of hydrogen-bond acceptors (Lipinski definition) is 5. The van der Waals surface area contributed by atoms with Crippen LogP contribution in [0.25, 0.3) is 0 Å². The summed E-state index contributed by atoms with van der Waals surface area (Å²) in [6, 6.07) is 8.99. The normalized spacial score (nSPS) is 15.2. The number of rotatable bonds is 6. The van der Waals surface area contributed by atoms with E-state index in [-0.39, 0.29) is 11.9 Å². The third-order valence-electron chi connectivity index (χ3n) is 4.67. The fraction of sp³-hybridized carbons (Fsp3) is 0.350. The van der Waals surface area contributed by atoms with Gasteiger partial charge in [-0.25, -0.2) is 0 Å².